The van der Waals surface area contributed by atoms with Crippen molar-refractivity contribution < 1.29 is 9.47 Å². The fraction of sp³-hybridized carbons (Fsp3) is 0.591. The van der Waals surface area contributed by atoms with Crippen molar-refractivity contribution in [1.82, 2.24) is 25.4 Å². The Kier molecular flexibility index (Phi) is 9.54. The summed E-state index contributed by atoms with van der Waals surface area (Å²) in [5.74, 6) is 3.32. The normalized spacial score (nSPS) is 16.7. The van der Waals surface area contributed by atoms with E-state index in [1.165, 1.54) is 5.56 Å². The largest absolute Gasteiger partial charge is 0.497 e. The van der Waals surface area contributed by atoms with Crippen molar-refractivity contribution in [2.75, 3.05) is 26.8 Å². The highest BCUT2D eigenvalue weighted by Gasteiger charge is 2.22. The van der Waals surface area contributed by atoms with Crippen LogP contribution in [0.4, 0.5) is 0 Å². The number of guanidine groups is 1. The molecule has 1 atom stereocenters. The number of hydrogen-bond donors (Lipinski definition) is 2. The van der Waals surface area contributed by atoms with Crippen LogP contribution in [0.15, 0.2) is 29.3 Å². The van der Waals surface area contributed by atoms with Crippen molar-refractivity contribution in [1.29, 1.82) is 0 Å². The summed E-state index contributed by atoms with van der Waals surface area (Å²) in [5, 5.41) is 15.3. The van der Waals surface area contributed by atoms with E-state index in [1.54, 1.807) is 7.11 Å². The Hall–Kier alpha value is -1.88. The molecule has 1 aromatic carbocycles. The number of ether oxygens (including phenoxy) is 2. The van der Waals surface area contributed by atoms with E-state index in [4.69, 9.17) is 14.5 Å². The highest BCUT2D eigenvalue weighted by Crippen LogP contribution is 2.25. The lowest BCUT2D eigenvalue weighted by Gasteiger charge is -2.27. The summed E-state index contributed by atoms with van der Waals surface area (Å²) in [5.41, 5.74) is 1.10. The second-order valence-corrected chi connectivity index (χ2v) is 8.37. The van der Waals surface area contributed by atoms with Gasteiger partial charge in [0.2, 0.25) is 0 Å². The van der Waals surface area contributed by atoms with E-state index < -0.39 is 0 Å². The third kappa shape index (κ3) is 7.06. The van der Waals surface area contributed by atoms with Crippen LogP contribution in [0.25, 0.3) is 0 Å². The van der Waals surface area contributed by atoms with Gasteiger partial charge in [-0.2, -0.15) is 0 Å². The van der Waals surface area contributed by atoms with E-state index in [1.807, 2.05) is 30.7 Å². The topological polar surface area (TPSA) is 85.6 Å². The minimum absolute atomic E-state index is 0. The zero-order valence-electron chi connectivity index (χ0n) is 19.1. The Morgan fingerprint density at radius 3 is 2.77 bits per heavy atom. The maximum atomic E-state index is 5.74. The molecule has 0 saturated carbocycles. The van der Waals surface area contributed by atoms with Crippen LogP contribution in [-0.4, -0.2) is 53.6 Å². The Bertz CT molecular complexity index is 861. The second-order valence-electron chi connectivity index (χ2n) is 8.37. The molecule has 1 saturated heterocycles. The first-order valence-electron chi connectivity index (χ1n) is 10.5. The SMILES string of the molecule is COc1cccc(C(C)(C)CNC(=NCc2nnc(C)n2C)NCC2CCCO2)c1.I. The zero-order valence-corrected chi connectivity index (χ0v) is 21.5. The molecule has 9 heteroatoms. The highest BCUT2D eigenvalue weighted by atomic mass is 127. The van der Waals surface area contributed by atoms with Crippen LogP contribution in [0.2, 0.25) is 0 Å². The van der Waals surface area contributed by atoms with Crippen LogP contribution in [0, 0.1) is 6.92 Å². The van der Waals surface area contributed by atoms with E-state index in [0.29, 0.717) is 6.54 Å². The lowest BCUT2D eigenvalue weighted by Crippen LogP contribution is -2.45. The molecule has 1 unspecified atom stereocenters. The Labute approximate surface area is 202 Å². The summed E-state index contributed by atoms with van der Waals surface area (Å²) >= 11 is 0. The van der Waals surface area contributed by atoms with Gasteiger partial charge in [-0.3, -0.25) is 0 Å². The average Bonchev–Trinajstić information content (AvgIpc) is 3.38. The molecular formula is C22H35IN6O2. The van der Waals surface area contributed by atoms with Gasteiger partial charge in [0.25, 0.3) is 0 Å². The van der Waals surface area contributed by atoms with Gasteiger partial charge in [-0.25, -0.2) is 4.99 Å². The summed E-state index contributed by atoms with van der Waals surface area (Å²) in [6.07, 6.45) is 2.44. The number of rotatable bonds is 8. The third-order valence-corrected chi connectivity index (χ3v) is 5.63. The Balaban J connectivity index is 0.00000341. The van der Waals surface area contributed by atoms with Gasteiger partial charge in [-0.15, -0.1) is 34.2 Å². The van der Waals surface area contributed by atoms with E-state index in [2.05, 4.69) is 46.8 Å². The van der Waals surface area contributed by atoms with Gasteiger partial charge in [0.1, 0.15) is 18.1 Å². The number of nitrogens with zero attached hydrogens (tertiary/aromatic N) is 4. The molecule has 1 aliphatic heterocycles. The molecule has 2 heterocycles. The molecule has 0 spiro atoms. The Morgan fingerprint density at radius 2 is 2.13 bits per heavy atom. The smallest absolute Gasteiger partial charge is 0.191 e. The number of benzene rings is 1. The van der Waals surface area contributed by atoms with Crippen LogP contribution < -0.4 is 15.4 Å². The quantitative estimate of drug-likeness (QED) is 0.303. The van der Waals surface area contributed by atoms with Crippen molar-refractivity contribution in [2.24, 2.45) is 12.0 Å². The van der Waals surface area contributed by atoms with E-state index in [0.717, 1.165) is 55.9 Å². The first-order valence-corrected chi connectivity index (χ1v) is 10.5. The molecule has 0 radical (unpaired) electrons. The molecule has 3 rings (SSSR count). The second kappa shape index (κ2) is 11.7. The lowest BCUT2D eigenvalue weighted by atomic mass is 9.84. The summed E-state index contributed by atoms with van der Waals surface area (Å²) in [7, 11) is 3.65. The molecule has 0 aliphatic carbocycles. The summed E-state index contributed by atoms with van der Waals surface area (Å²) in [4.78, 5) is 4.75. The predicted octanol–water partition coefficient (Wildman–Crippen LogP) is 2.94. The first kappa shape index (κ1) is 25.4. The fourth-order valence-electron chi connectivity index (χ4n) is 3.38. The van der Waals surface area contributed by atoms with Crippen LogP contribution in [0.3, 0.4) is 0 Å². The molecule has 1 aliphatic rings. The molecule has 0 bridgehead atoms. The highest BCUT2D eigenvalue weighted by molar-refractivity contribution is 14.0. The number of halogens is 1. The van der Waals surface area contributed by atoms with E-state index in [9.17, 15) is 0 Å². The standard InChI is InChI=1S/C22H34N6O2.HI/c1-16-26-27-20(28(16)4)14-24-21(23-13-19-10-7-11-30-19)25-15-22(2,3)17-8-6-9-18(12-17)29-5;/h6,8-9,12,19H,7,10-11,13-15H2,1-5H3,(H2,23,24,25);1H. The molecule has 2 N–H and O–H groups in total. The average molecular weight is 542 g/mol. The van der Waals surface area contributed by atoms with Crippen LogP contribution >= 0.6 is 24.0 Å². The zero-order chi connectivity index (χ0) is 21.6. The van der Waals surface area contributed by atoms with Crippen molar-refractivity contribution in [3.63, 3.8) is 0 Å². The first-order chi connectivity index (χ1) is 14.4. The molecule has 0 amide bonds. The lowest BCUT2D eigenvalue weighted by molar-refractivity contribution is 0.113. The molecule has 1 fully saturated rings. The maximum absolute atomic E-state index is 5.74. The summed E-state index contributed by atoms with van der Waals surface area (Å²) in [6.45, 7) is 9.10. The summed E-state index contributed by atoms with van der Waals surface area (Å²) < 4.78 is 13.1. The number of methoxy groups -OCH3 is 1. The van der Waals surface area contributed by atoms with Crippen LogP contribution in [0.1, 0.15) is 43.9 Å². The van der Waals surface area contributed by atoms with Crippen molar-refractivity contribution >= 4 is 29.9 Å². The molecule has 1 aromatic heterocycles. The number of hydrogen-bond acceptors (Lipinski definition) is 5. The minimum Gasteiger partial charge on any atom is -0.497 e. The van der Waals surface area contributed by atoms with Gasteiger partial charge in [0, 0.05) is 32.2 Å². The van der Waals surface area contributed by atoms with Gasteiger partial charge >= 0.3 is 0 Å². The minimum atomic E-state index is -0.109. The number of aromatic nitrogens is 3. The monoisotopic (exact) mass is 542 g/mol. The fourth-order valence-corrected chi connectivity index (χ4v) is 3.38. The predicted molar refractivity (Wildman–Crippen MR) is 133 cm³/mol. The third-order valence-electron chi connectivity index (χ3n) is 5.63. The number of nitrogens with one attached hydrogen (secondary N) is 2. The number of aryl methyl sites for hydroxylation is 1. The van der Waals surface area contributed by atoms with Gasteiger partial charge in [0.15, 0.2) is 11.8 Å². The van der Waals surface area contributed by atoms with Crippen LogP contribution in [0.5, 0.6) is 5.75 Å². The van der Waals surface area contributed by atoms with Gasteiger partial charge < -0.3 is 24.7 Å². The molecule has 172 valence electrons. The van der Waals surface area contributed by atoms with Gasteiger partial charge in [-0.1, -0.05) is 26.0 Å². The van der Waals surface area contributed by atoms with Crippen LogP contribution in [-0.2, 0) is 23.7 Å². The van der Waals surface area contributed by atoms with Crippen molar-refractivity contribution in [2.45, 2.75) is 51.7 Å². The molecule has 31 heavy (non-hydrogen) atoms. The van der Waals surface area contributed by atoms with Gasteiger partial charge in [-0.05, 0) is 37.5 Å². The Morgan fingerprint density at radius 1 is 1.32 bits per heavy atom. The molecule has 2 aromatic rings. The van der Waals surface area contributed by atoms with Gasteiger partial charge in [0.05, 0.1) is 13.2 Å². The molecular weight excluding hydrogens is 507 g/mol. The maximum Gasteiger partial charge on any atom is 0.191 e. The van der Waals surface area contributed by atoms with E-state index >= 15 is 0 Å². The van der Waals surface area contributed by atoms with E-state index in [-0.39, 0.29) is 35.5 Å². The summed E-state index contributed by atoms with van der Waals surface area (Å²) in [6, 6.07) is 8.20. The number of aliphatic imine (C=N–C) groups is 1. The van der Waals surface area contributed by atoms with Crippen molar-refractivity contribution in [3.8, 4) is 5.75 Å². The van der Waals surface area contributed by atoms with Crippen molar-refractivity contribution in [3.05, 3.63) is 41.5 Å². The molecule has 8 nitrogen and oxygen atoms in total.